The van der Waals surface area contributed by atoms with Crippen molar-refractivity contribution in [1.29, 1.82) is 0 Å². The molecule has 1 aliphatic carbocycles. The van der Waals surface area contributed by atoms with Crippen LogP contribution in [0, 0.1) is 11.8 Å². The molecule has 6 heteroatoms. The smallest absolute Gasteiger partial charge is 0.407 e. The molecule has 4 rings (SSSR count). The van der Waals surface area contributed by atoms with E-state index in [-0.39, 0.29) is 29.4 Å². The summed E-state index contributed by atoms with van der Waals surface area (Å²) in [5.41, 5.74) is 5.36. The lowest BCUT2D eigenvalue weighted by Gasteiger charge is -2.14. The molecule has 1 amide bonds. The van der Waals surface area contributed by atoms with Crippen LogP contribution < -0.4 is 5.32 Å². The molecule has 1 N–H and O–H groups in total. The third-order valence-electron chi connectivity index (χ3n) is 4.66. The summed E-state index contributed by atoms with van der Waals surface area (Å²) in [6.07, 6.45) is -0.507. The van der Waals surface area contributed by atoms with E-state index in [1.165, 1.54) is 22.3 Å². The number of nitrogens with one attached hydrogen (secondary N) is 1. The second kappa shape index (κ2) is 8.57. The van der Waals surface area contributed by atoms with Crippen LogP contribution in [0.2, 0.25) is 10.3 Å². The standard InChI is InChI=1S/C23H16Cl2N2O2/c24-21-12-15(13-22(25)27-21)6-5-11-26-23(28)29-14-20-18-9-3-1-7-16(18)17-8-2-4-10-19(17)20/h1-4,7-10,12-13,20H,11,14H2,(H,26,28). The van der Waals surface area contributed by atoms with Crippen LogP contribution in [0.1, 0.15) is 22.6 Å². The van der Waals surface area contributed by atoms with Crippen LogP contribution >= 0.6 is 23.2 Å². The highest BCUT2D eigenvalue weighted by Gasteiger charge is 2.28. The highest BCUT2D eigenvalue weighted by molar-refractivity contribution is 6.32. The molecule has 3 aromatic rings. The highest BCUT2D eigenvalue weighted by Crippen LogP contribution is 2.44. The number of aromatic nitrogens is 1. The molecule has 29 heavy (non-hydrogen) atoms. The van der Waals surface area contributed by atoms with Gasteiger partial charge in [0.25, 0.3) is 0 Å². The fourth-order valence-electron chi connectivity index (χ4n) is 3.45. The van der Waals surface area contributed by atoms with E-state index in [2.05, 4.69) is 46.4 Å². The SMILES string of the molecule is O=C(NCC#Cc1cc(Cl)nc(Cl)c1)OCC1c2ccccc2-c2ccccc21. The summed E-state index contributed by atoms with van der Waals surface area (Å²) in [4.78, 5) is 15.9. The van der Waals surface area contributed by atoms with Gasteiger partial charge in [0.2, 0.25) is 0 Å². The predicted octanol–water partition coefficient (Wildman–Crippen LogP) is 5.28. The van der Waals surface area contributed by atoms with Gasteiger partial charge in [0, 0.05) is 11.5 Å². The monoisotopic (exact) mass is 422 g/mol. The normalized spacial score (nSPS) is 11.8. The number of amides is 1. The first kappa shape index (κ1) is 19.3. The molecule has 0 saturated heterocycles. The summed E-state index contributed by atoms with van der Waals surface area (Å²) in [7, 11) is 0. The van der Waals surface area contributed by atoms with E-state index in [0.717, 1.165) is 0 Å². The number of carbonyl (C=O) groups excluding carboxylic acids is 1. The predicted molar refractivity (Wildman–Crippen MR) is 114 cm³/mol. The number of carbonyl (C=O) groups is 1. The Balaban J connectivity index is 1.35. The van der Waals surface area contributed by atoms with Crippen LogP contribution in [-0.2, 0) is 4.74 Å². The van der Waals surface area contributed by atoms with Gasteiger partial charge in [-0.15, -0.1) is 0 Å². The van der Waals surface area contributed by atoms with Crippen molar-refractivity contribution in [2.24, 2.45) is 0 Å². The number of pyridine rings is 1. The molecular formula is C23H16Cl2N2O2. The molecule has 0 atom stereocenters. The van der Waals surface area contributed by atoms with Gasteiger partial charge in [-0.3, -0.25) is 0 Å². The molecule has 0 saturated carbocycles. The number of nitrogens with zero attached hydrogens (tertiary/aromatic N) is 1. The maximum atomic E-state index is 12.1. The second-order valence-electron chi connectivity index (χ2n) is 6.48. The first-order valence-electron chi connectivity index (χ1n) is 9.02. The van der Waals surface area contributed by atoms with Crippen molar-refractivity contribution in [3.63, 3.8) is 0 Å². The Morgan fingerprint density at radius 3 is 2.21 bits per heavy atom. The molecule has 1 heterocycles. The molecular weight excluding hydrogens is 407 g/mol. The molecule has 0 spiro atoms. The van der Waals surface area contributed by atoms with Crippen LogP contribution in [0.4, 0.5) is 4.79 Å². The van der Waals surface area contributed by atoms with Crippen LogP contribution in [0.25, 0.3) is 11.1 Å². The molecule has 4 nitrogen and oxygen atoms in total. The average molecular weight is 423 g/mol. The maximum absolute atomic E-state index is 12.1. The van der Waals surface area contributed by atoms with Gasteiger partial charge in [-0.25, -0.2) is 9.78 Å². The summed E-state index contributed by atoms with van der Waals surface area (Å²) in [6.45, 7) is 0.414. The summed E-state index contributed by atoms with van der Waals surface area (Å²) in [5.74, 6) is 5.74. The number of fused-ring (bicyclic) bond motifs is 3. The van der Waals surface area contributed by atoms with Crippen LogP contribution in [0.15, 0.2) is 60.7 Å². The number of rotatable bonds is 3. The molecule has 1 aliphatic rings. The summed E-state index contributed by atoms with van der Waals surface area (Å²) < 4.78 is 5.46. The fraction of sp³-hybridized carbons (Fsp3) is 0.130. The first-order chi connectivity index (χ1) is 14.1. The third kappa shape index (κ3) is 4.37. The average Bonchev–Trinajstić information content (AvgIpc) is 3.03. The summed E-state index contributed by atoms with van der Waals surface area (Å²) in [6, 6.07) is 19.6. The number of benzene rings is 2. The van der Waals surface area contributed by atoms with E-state index in [4.69, 9.17) is 27.9 Å². The lowest BCUT2D eigenvalue weighted by atomic mass is 9.98. The van der Waals surface area contributed by atoms with Crippen molar-refractivity contribution < 1.29 is 9.53 Å². The lowest BCUT2D eigenvalue weighted by Crippen LogP contribution is -2.26. The van der Waals surface area contributed by atoms with Crippen molar-refractivity contribution in [2.75, 3.05) is 13.2 Å². The minimum absolute atomic E-state index is 0.0281. The molecule has 0 unspecified atom stereocenters. The van der Waals surface area contributed by atoms with Gasteiger partial charge in [-0.1, -0.05) is 83.6 Å². The minimum Gasteiger partial charge on any atom is -0.449 e. The Labute approximate surface area is 178 Å². The number of hydrogen-bond donors (Lipinski definition) is 1. The van der Waals surface area contributed by atoms with Gasteiger partial charge in [0.15, 0.2) is 0 Å². The first-order valence-corrected chi connectivity index (χ1v) is 9.78. The van der Waals surface area contributed by atoms with Crippen molar-refractivity contribution in [3.05, 3.63) is 87.7 Å². The zero-order valence-electron chi connectivity index (χ0n) is 15.3. The quantitative estimate of drug-likeness (QED) is 0.461. The van der Waals surface area contributed by atoms with Crippen molar-refractivity contribution in [3.8, 4) is 23.0 Å². The molecule has 0 fully saturated rings. The maximum Gasteiger partial charge on any atom is 0.407 e. The zero-order chi connectivity index (χ0) is 20.2. The zero-order valence-corrected chi connectivity index (χ0v) is 16.8. The van der Waals surface area contributed by atoms with Gasteiger partial charge in [-0.05, 0) is 34.4 Å². The Bertz CT molecular complexity index is 1070. The van der Waals surface area contributed by atoms with Gasteiger partial charge in [0.1, 0.15) is 16.9 Å². The Morgan fingerprint density at radius 2 is 1.59 bits per heavy atom. The second-order valence-corrected chi connectivity index (χ2v) is 7.26. The van der Waals surface area contributed by atoms with Crippen molar-refractivity contribution >= 4 is 29.3 Å². The Morgan fingerprint density at radius 1 is 1.00 bits per heavy atom. The fourth-order valence-corrected chi connectivity index (χ4v) is 3.91. The highest BCUT2D eigenvalue weighted by atomic mass is 35.5. The molecule has 0 aliphatic heterocycles. The van der Waals surface area contributed by atoms with Crippen LogP contribution in [0.5, 0.6) is 0 Å². The number of hydrogen-bond acceptors (Lipinski definition) is 3. The largest absolute Gasteiger partial charge is 0.449 e. The van der Waals surface area contributed by atoms with Crippen molar-refractivity contribution in [2.45, 2.75) is 5.92 Å². The molecule has 2 aromatic carbocycles. The Kier molecular flexibility index (Phi) is 5.71. The van der Waals surface area contributed by atoms with Gasteiger partial charge >= 0.3 is 6.09 Å². The van der Waals surface area contributed by atoms with Crippen LogP contribution in [0.3, 0.4) is 0 Å². The summed E-state index contributed by atoms with van der Waals surface area (Å²) in [5, 5.41) is 3.18. The summed E-state index contributed by atoms with van der Waals surface area (Å²) >= 11 is 11.7. The molecule has 0 bridgehead atoms. The Hall–Kier alpha value is -3.00. The molecule has 144 valence electrons. The number of ether oxygens (including phenoxy) is 1. The van der Waals surface area contributed by atoms with Gasteiger partial charge < -0.3 is 10.1 Å². The molecule has 0 radical (unpaired) electrons. The van der Waals surface area contributed by atoms with Gasteiger partial charge in [-0.2, -0.15) is 0 Å². The number of alkyl carbamates (subject to hydrolysis) is 1. The lowest BCUT2D eigenvalue weighted by molar-refractivity contribution is 0.144. The minimum atomic E-state index is -0.507. The van der Waals surface area contributed by atoms with Crippen LogP contribution in [-0.4, -0.2) is 24.2 Å². The van der Waals surface area contributed by atoms with Crippen molar-refractivity contribution in [1.82, 2.24) is 10.3 Å². The molecule has 1 aromatic heterocycles. The third-order valence-corrected chi connectivity index (χ3v) is 5.05. The van der Waals surface area contributed by atoms with Gasteiger partial charge in [0.05, 0.1) is 6.54 Å². The van der Waals surface area contributed by atoms with E-state index >= 15 is 0 Å². The number of halogens is 2. The van der Waals surface area contributed by atoms with E-state index in [0.29, 0.717) is 5.56 Å². The van der Waals surface area contributed by atoms with E-state index < -0.39 is 6.09 Å². The van der Waals surface area contributed by atoms with E-state index in [9.17, 15) is 4.79 Å². The topological polar surface area (TPSA) is 51.2 Å². The van der Waals surface area contributed by atoms with E-state index in [1.807, 2.05) is 24.3 Å². The van der Waals surface area contributed by atoms with E-state index in [1.54, 1.807) is 12.1 Å².